The van der Waals surface area contributed by atoms with Crippen LogP contribution in [0.15, 0.2) is 36.7 Å². The average Bonchev–Trinajstić information content (AvgIpc) is 2.94. The topological polar surface area (TPSA) is 90.9 Å². The zero-order valence-corrected chi connectivity index (χ0v) is 11.4. The van der Waals surface area contributed by atoms with Crippen molar-refractivity contribution in [1.29, 1.82) is 0 Å². The van der Waals surface area contributed by atoms with Crippen LogP contribution in [0.1, 0.15) is 5.56 Å². The zero-order chi connectivity index (χ0) is 14.8. The van der Waals surface area contributed by atoms with E-state index in [1.165, 1.54) is 0 Å². The van der Waals surface area contributed by atoms with Crippen molar-refractivity contribution >= 4 is 22.8 Å². The number of hydrogen-bond acceptors (Lipinski definition) is 4. The molecule has 0 saturated heterocycles. The minimum atomic E-state index is -0.862. The van der Waals surface area contributed by atoms with Gasteiger partial charge in [0, 0.05) is 30.4 Å². The number of aromatic nitrogens is 3. The van der Waals surface area contributed by atoms with E-state index in [9.17, 15) is 4.79 Å². The second-order valence-corrected chi connectivity index (χ2v) is 4.67. The van der Waals surface area contributed by atoms with Gasteiger partial charge in [0.15, 0.2) is 0 Å². The second-order valence-electron chi connectivity index (χ2n) is 4.67. The molecule has 3 rings (SSSR count). The fourth-order valence-corrected chi connectivity index (χ4v) is 2.24. The summed E-state index contributed by atoms with van der Waals surface area (Å²) in [5, 5.41) is 12.8. The highest BCUT2D eigenvalue weighted by atomic mass is 16.4. The second kappa shape index (κ2) is 5.24. The van der Waals surface area contributed by atoms with Crippen LogP contribution in [0.25, 0.3) is 22.3 Å². The van der Waals surface area contributed by atoms with Crippen molar-refractivity contribution in [2.45, 2.75) is 6.42 Å². The van der Waals surface area contributed by atoms with E-state index in [2.05, 4.69) is 20.3 Å². The fourth-order valence-electron chi connectivity index (χ4n) is 2.24. The third-order valence-corrected chi connectivity index (χ3v) is 3.24. The molecule has 0 aromatic carbocycles. The number of nitrogens with zero attached hydrogens (tertiary/aromatic N) is 2. The first-order valence-corrected chi connectivity index (χ1v) is 6.50. The molecule has 106 valence electrons. The molecule has 0 fully saturated rings. The van der Waals surface area contributed by atoms with Gasteiger partial charge in [-0.3, -0.25) is 9.78 Å². The summed E-state index contributed by atoms with van der Waals surface area (Å²) in [6.07, 6.45) is 3.41. The Morgan fingerprint density at radius 2 is 2.24 bits per heavy atom. The first kappa shape index (κ1) is 13.1. The summed E-state index contributed by atoms with van der Waals surface area (Å²) >= 11 is 0. The van der Waals surface area contributed by atoms with Crippen LogP contribution in [-0.4, -0.2) is 33.1 Å². The number of carboxylic acid groups (broad SMARTS) is 1. The molecule has 0 radical (unpaired) electrons. The number of aromatic amines is 1. The Labute approximate surface area is 120 Å². The number of aliphatic carboxylic acids is 1. The van der Waals surface area contributed by atoms with E-state index in [4.69, 9.17) is 5.11 Å². The molecular formula is C15H14N4O2. The van der Waals surface area contributed by atoms with Gasteiger partial charge in [-0.1, -0.05) is 6.07 Å². The Balaban J connectivity index is 2.06. The van der Waals surface area contributed by atoms with E-state index in [0.717, 1.165) is 28.1 Å². The molecule has 6 heteroatoms. The molecule has 6 nitrogen and oxygen atoms in total. The van der Waals surface area contributed by atoms with E-state index in [1.807, 2.05) is 31.4 Å². The lowest BCUT2D eigenvalue weighted by molar-refractivity contribution is -0.136. The van der Waals surface area contributed by atoms with Crippen LogP contribution in [0.4, 0.5) is 5.82 Å². The molecule has 0 aliphatic rings. The van der Waals surface area contributed by atoms with E-state index < -0.39 is 5.97 Å². The standard InChI is InChI=1S/C15H14N4O2/c1-16-13-7-11(10-4-5-17-15(10)19-13)12-3-2-9(8-18-12)6-14(20)21/h2-5,7-8H,6H2,1H3,(H,20,21)(H2,16,17,19). The maximum absolute atomic E-state index is 10.7. The molecule has 0 amide bonds. The van der Waals surface area contributed by atoms with Crippen molar-refractivity contribution in [2.24, 2.45) is 0 Å². The van der Waals surface area contributed by atoms with Gasteiger partial charge in [-0.2, -0.15) is 0 Å². The average molecular weight is 282 g/mol. The van der Waals surface area contributed by atoms with Crippen molar-refractivity contribution in [3.05, 3.63) is 42.2 Å². The number of H-pyrrole nitrogens is 1. The Morgan fingerprint density at radius 1 is 1.38 bits per heavy atom. The lowest BCUT2D eigenvalue weighted by Gasteiger charge is -2.07. The third kappa shape index (κ3) is 2.55. The molecule has 0 atom stereocenters. The Kier molecular flexibility index (Phi) is 3.27. The zero-order valence-electron chi connectivity index (χ0n) is 11.4. The van der Waals surface area contributed by atoms with Crippen LogP contribution >= 0.6 is 0 Å². The Morgan fingerprint density at radius 3 is 2.90 bits per heavy atom. The van der Waals surface area contributed by atoms with Gasteiger partial charge in [0.25, 0.3) is 0 Å². The summed E-state index contributed by atoms with van der Waals surface area (Å²) in [6.45, 7) is 0. The number of pyridine rings is 2. The quantitative estimate of drug-likeness (QED) is 0.683. The van der Waals surface area contributed by atoms with Gasteiger partial charge in [0.05, 0.1) is 12.1 Å². The predicted octanol–water partition coefficient (Wildman–Crippen LogP) is 2.29. The largest absolute Gasteiger partial charge is 0.481 e. The van der Waals surface area contributed by atoms with Gasteiger partial charge < -0.3 is 15.4 Å². The number of nitrogens with one attached hydrogen (secondary N) is 2. The first-order chi connectivity index (χ1) is 10.2. The lowest BCUT2D eigenvalue weighted by atomic mass is 10.1. The molecule has 21 heavy (non-hydrogen) atoms. The smallest absolute Gasteiger partial charge is 0.307 e. The molecule has 3 aromatic rings. The summed E-state index contributed by atoms with van der Waals surface area (Å²) in [5.41, 5.74) is 3.20. The molecular weight excluding hydrogens is 268 g/mol. The lowest BCUT2D eigenvalue weighted by Crippen LogP contribution is -2.00. The maximum Gasteiger partial charge on any atom is 0.307 e. The van der Waals surface area contributed by atoms with Crippen molar-refractivity contribution in [3.63, 3.8) is 0 Å². The van der Waals surface area contributed by atoms with Gasteiger partial charge >= 0.3 is 5.97 Å². The van der Waals surface area contributed by atoms with Crippen LogP contribution in [-0.2, 0) is 11.2 Å². The normalized spacial score (nSPS) is 10.7. The van der Waals surface area contributed by atoms with Gasteiger partial charge in [-0.15, -0.1) is 0 Å². The third-order valence-electron chi connectivity index (χ3n) is 3.24. The minimum Gasteiger partial charge on any atom is -0.481 e. The van der Waals surface area contributed by atoms with Crippen LogP contribution < -0.4 is 5.32 Å². The number of rotatable bonds is 4. The van der Waals surface area contributed by atoms with Gasteiger partial charge in [-0.05, 0) is 23.8 Å². The van der Waals surface area contributed by atoms with E-state index in [-0.39, 0.29) is 6.42 Å². The van der Waals surface area contributed by atoms with Crippen LogP contribution in [0, 0.1) is 0 Å². The Hall–Kier alpha value is -2.89. The van der Waals surface area contributed by atoms with Gasteiger partial charge in [0.1, 0.15) is 11.5 Å². The molecule has 3 N–H and O–H groups in total. The molecule has 0 bridgehead atoms. The van der Waals surface area contributed by atoms with Crippen LogP contribution in [0.2, 0.25) is 0 Å². The van der Waals surface area contributed by atoms with Gasteiger partial charge in [-0.25, -0.2) is 4.98 Å². The molecule has 3 heterocycles. The molecule has 0 aliphatic carbocycles. The highest BCUT2D eigenvalue weighted by molar-refractivity contribution is 5.93. The maximum atomic E-state index is 10.7. The van der Waals surface area contributed by atoms with Crippen molar-refractivity contribution in [2.75, 3.05) is 12.4 Å². The summed E-state index contributed by atoms with van der Waals surface area (Å²) in [4.78, 5) is 22.6. The highest BCUT2D eigenvalue weighted by Gasteiger charge is 2.10. The fraction of sp³-hybridized carbons (Fsp3) is 0.133. The van der Waals surface area contributed by atoms with Crippen molar-refractivity contribution < 1.29 is 9.90 Å². The number of anilines is 1. The van der Waals surface area contributed by atoms with E-state index in [0.29, 0.717) is 5.56 Å². The van der Waals surface area contributed by atoms with E-state index in [1.54, 1.807) is 12.3 Å². The predicted molar refractivity (Wildman–Crippen MR) is 80.2 cm³/mol. The SMILES string of the molecule is CNc1cc(-c2ccc(CC(=O)O)cn2)c2cc[nH]c2n1. The summed E-state index contributed by atoms with van der Waals surface area (Å²) in [6, 6.07) is 7.49. The van der Waals surface area contributed by atoms with Crippen molar-refractivity contribution in [3.8, 4) is 11.3 Å². The first-order valence-electron chi connectivity index (χ1n) is 6.50. The minimum absolute atomic E-state index is 0.0229. The summed E-state index contributed by atoms with van der Waals surface area (Å²) in [7, 11) is 1.81. The number of carbonyl (C=O) groups is 1. The van der Waals surface area contributed by atoms with Crippen LogP contribution in [0.5, 0.6) is 0 Å². The van der Waals surface area contributed by atoms with Crippen LogP contribution in [0.3, 0.4) is 0 Å². The van der Waals surface area contributed by atoms with Crippen molar-refractivity contribution in [1.82, 2.24) is 15.0 Å². The van der Waals surface area contributed by atoms with E-state index >= 15 is 0 Å². The highest BCUT2D eigenvalue weighted by Crippen LogP contribution is 2.28. The molecule has 0 saturated carbocycles. The molecule has 0 aliphatic heterocycles. The van der Waals surface area contributed by atoms with Gasteiger partial charge in [0.2, 0.25) is 0 Å². The molecule has 3 aromatic heterocycles. The summed E-state index contributed by atoms with van der Waals surface area (Å²) < 4.78 is 0. The monoisotopic (exact) mass is 282 g/mol. The number of fused-ring (bicyclic) bond motifs is 1. The number of hydrogen-bond donors (Lipinski definition) is 3. The Bertz CT molecular complexity index is 793. The molecule has 0 unspecified atom stereocenters. The molecule has 0 spiro atoms. The summed E-state index contributed by atoms with van der Waals surface area (Å²) in [5.74, 6) is -0.115. The number of carboxylic acids is 1.